The number of benzene rings is 1. The number of nitrogens with two attached hydrogens (primary N) is 1. The summed E-state index contributed by atoms with van der Waals surface area (Å²) in [6.45, 7) is 4.97. The van der Waals surface area contributed by atoms with Crippen LogP contribution in [0.4, 0.5) is 5.69 Å². The Morgan fingerprint density at radius 2 is 2.14 bits per heavy atom. The fourth-order valence-electron chi connectivity index (χ4n) is 3.43. The normalized spacial score (nSPS) is 28.7. The van der Waals surface area contributed by atoms with Gasteiger partial charge in [0.2, 0.25) is 0 Å². The van der Waals surface area contributed by atoms with Crippen LogP contribution < -0.4 is 11.1 Å². The molecule has 1 fully saturated rings. The van der Waals surface area contributed by atoms with E-state index in [1.165, 1.54) is 30.4 Å². The molecule has 2 aliphatic rings. The monoisotopic (exact) mass is 287 g/mol. The van der Waals surface area contributed by atoms with Gasteiger partial charge >= 0.3 is 0 Å². The summed E-state index contributed by atoms with van der Waals surface area (Å²) in [6, 6.07) is 6.50. The number of hydrogen-bond acceptors (Lipinski definition) is 2. The third-order valence-corrected chi connectivity index (χ3v) is 4.61. The number of rotatable bonds is 3. The lowest BCUT2D eigenvalue weighted by Gasteiger charge is -2.12. The van der Waals surface area contributed by atoms with E-state index in [9.17, 15) is 0 Å². The van der Waals surface area contributed by atoms with Crippen molar-refractivity contribution in [1.82, 2.24) is 0 Å². The van der Waals surface area contributed by atoms with Crippen LogP contribution in [-0.4, -0.2) is 24.7 Å². The van der Waals surface area contributed by atoms with Crippen molar-refractivity contribution in [2.24, 2.45) is 16.6 Å². The van der Waals surface area contributed by atoms with E-state index in [4.69, 9.17) is 10.5 Å². The average Bonchev–Trinajstić information content (AvgIpc) is 3.02. The zero-order valence-electron chi connectivity index (χ0n) is 12.9. The Morgan fingerprint density at radius 3 is 2.90 bits per heavy atom. The van der Waals surface area contributed by atoms with Crippen LogP contribution >= 0.6 is 0 Å². The first-order chi connectivity index (χ1) is 10.1. The molecule has 1 aliphatic carbocycles. The Labute approximate surface area is 126 Å². The van der Waals surface area contributed by atoms with Gasteiger partial charge in [-0.15, -0.1) is 0 Å². The molecular weight excluding hydrogens is 262 g/mol. The van der Waals surface area contributed by atoms with Crippen molar-refractivity contribution in [1.29, 1.82) is 0 Å². The van der Waals surface area contributed by atoms with Gasteiger partial charge in [-0.25, -0.2) is 0 Å². The highest BCUT2D eigenvalue weighted by atomic mass is 16.5. The van der Waals surface area contributed by atoms with Crippen LogP contribution in [-0.2, 0) is 17.6 Å². The summed E-state index contributed by atoms with van der Waals surface area (Å²) >= 11 is 0. The van der Waals surface area contributed by atoms with Gasteiger partial charge in [0.15, 0.2) is 5.96 Å². The van der Waals surface area contributed by atoms with Crippen LogP contribution in [0.1, 0.15) is 37.8 Å². The molecule has 0 radical (unpaired) electrons. The SMILES string of the molecule is CC1CC(CN=C(N)Nc2ccc3c(c2)CCC3)C(C)O1. The van der Waals surface area contributed by atoms with Crippen LogP contribution in [0.3, 0.4) is 0 Å². The van der Waals surface area contributed by atoms with Gasteiger partial charge < -0.3 is 15.8 Å². The second-order valence-electron chi connectivity index (χ2n) is 6.34. The highest BCUT2D eigenvalue weighted by Crippen LogP contribution is 2.26. The van der Waals surface area contributed by atoms with Gasteiger partial charge in [0.25, 0.3) is 0 Å². The van der Waals surface area contributed by atoms with Crippen LogP contribution in [0.25, 0.3) is 0 Å². The Bertz CT molecular complexity index is 541. The fourth-order valence-corrected chi connectivity index (χ4v) is 3.43. The highest BCUT2D eigenvalue weighted by Gasteiger charge is 2.29. The van der Waals surface area contributed by atoms with Gasteiger partial charge in [0.05, 0.1) is 12.2 Å². The molecule has 4 heteroatoms. The first-order valence-electron chi connectivity index (χ1n) is 7.96. The molecule has 3 rings (SSSR count). The number of nitrogens with one attached hydrogen (secondary N) is 1. The molecule has 4 nitrogen and oxygen atoms in total. The van der Waals surface area contributed by atoms with E-state index in [0.29, 0.717) is 18.0 Å². The van der Waals surface area contributed by atoms with E-state index in [2.05, 4.69) is 42.4 Å². The van der Waals surface area contributed by atoms with E-state index >= 15 is 0 Å². The number of guanidine groups is 1. The van der Waals surface area contributed by atoms with Gasteiger partial charge in [-0.05, 0) is 62.8 Å². The summed E-state index contributed by atoms with van der Waals surface area (Å²) in [5.74, 6) is 0.972. The van der Waals surface area contributed by atoms with Gasteiger partial charge in [0, 0.05) is 18.2 Å². The number of hydrogen-bond donors (Lipinski definition) is 2. The van der Waals surface area contributed by atoms with E-state index < -0.39 is 0 Å². The smallest absolute Gasteiger partial charge is 0.193 e. The minimum atomic E-state index is 0.275. The van der Waals surface area contributed by atoms with E-state index in [1.54, 1.807) is 0 Å². The number of aliphatic imine (C=N–C) groups is 1. The van der Waals surface area contributed by atoms with Gasteiger partial charge in [0.1, 0.15) is 0 Å². The van der Waals surface area contributed by atoms with Crippen LogP contribution in [0.2, 0.25) is 0 Å². The molecule has 0 aromatic heterocycles. The van der Waals surface area contributed by atoms with Gasteiger partial charge in [-0.1, -0.05) is 6.07 Å². The molecule has 0 bridgehead atoms. The Morgan fingerprint density at radius 1 is 1.33 bits per heavy atom. The third-order valence-electron chi connectivity index (χ3n) is 4.61. The first-order valence-corrected chi connectivity index (χ1v) is 7.96. The highest BCUT2D eigenvalue weighted by molar-refractivity contribution is 5.92. The molecule has 0 spiro atoms. The molecule has 1 heterocycles. The molecule has 1 saturated heterocycles. The molecule has 21 heavy (non-hydrogen) atoms. The summed E-state index contributed by atoms with van der Waals surface area (Å²) in [5.41, 5.74) is 9.97. The molecule has 3 unspecified atom stereocenters. The van der Waals surface area contributed by atoms with Crippen molar-refractivity contribution in [3.05, 3.63) is 29.3 Å². The Hall–Kier alpha value is -1.55. The van der Waals surface area contributed by atoms with Gasteiger partial charge in [-0.3, -0.25) is 4.99 Å². The molecule has 1 aromatic carbocycles. The molecule has 1 aliphatic heterocycles. The molecule has 3 N–H and O–H groups in total. The number of ether oxygens (including phenoxy) is 1. The predicted molar refractivity (Wildman–Crippen MR) is 86.7 cm³/mol. The summed E-state index contributed by atoms with van der Waals surface area (Å²) < 4.78 is 5.74. The maximum absolute atomic E-state index is 6.01. The van der Waals surface area contributed by atoms with Crippen LogP contribution in [0, 0.1) is 5.92 Å². The summed E-state index contributed by atoms with van der Waals surface area (Å²) in [4.78, 5) is 4.48. The van der Waals surface area contributed by atoms with Crippen LogP contribution in [0.15, 0.2) is 23.2 Å². The minimum absolute atomic E-state index is 0.275. The number of nitrogens with zero attached hydrogens (tertiary/aromatic N) is 1. The second-order valence-corrected chi connectivity index (χ2v) is 6.34. The molecule has 3 atom stereocenters. The number of aryl methyl sites for hydroxylation is 2. The zero-order valence-corrected chi connectivity index (χ0v) is 12.9. The van der Waals surface area contributed by atoms with Gasteiger partial charge in [-0.2, -0.15) is 0 Å². The van der Waals surface area contributed by atoms with E-state index in [0.717, 1.165) is 18.7 Å². The fraction of sp³-hybridized carbons (Fsp3) is 0.588. The largest absolute Gasteiger partial charge is 0.375 e. The maximum Gasteiger partial charge on any atom is 0.193 e. The average molecular weight is 287 g/mol. The number of fused-ring (bicyclic) bond motifs is 1. The van der Waals surface area contributed by atoms with E-state index in [1.807, 2.05) is 0 Å². The molecule has 114 valence electrons. The quantitative estimate of drug-likeness (QED) is 0.664. The van der Waals surface area contributed by atoms with Crippen molar-refractivity contribution < 1.29 is 4.74 Å². The van der Waals surface area contributed by atoms with Crippen molar-refractivity contribution >= 4 is 11.6 Å². The topological polar surface area (TPSA) is 59.6 Å². The molecule has 0 amide bonds. The Balaban J connectivity index is 1.58. The lowest BCUT2D eigenvalue weighted by molar-refractivity contribution is 0.0570. The second kappa shape index (κ2) is 6.06. The molecule has 1 aromatic rings. The van der Waals surface area contributed by atoms with Crippen LogP contribution in [0.5, 0.6) is 0 Å². The molecule has 0 saturated carbocycles. The van der Waals surface area contributed by atoms with Crippen molar-refractivity contribution in [3.8, 4) is 0 Å². The van der Waals surface area contributed by atoms with Crippen molar-refractivity contribution in [3.63, 3.8) is 0 Å². The predicted octanol–water partition coefficient (Wildman–Crippen LogP) is 2.72. The van der Waals surface area contributed by atoms with Crippen molar-refractivity contribution in [2.45, 2.75) is 51.7 Å². The summed E-state index contributed by atoms with van der Waals surface area (Å²) in [6.07, 6.45) is 5.33. The Kier molecular flexibility index (Phi) is 4.15. The standard InChI is InChI=1S/C17H25N3O/c1-11-8-15(12(2)21-11)10-19-17(18)20-16-7-6-13-4-3-5-14(13)9-16/h6-7,9,11-12,15H,3-5,8,10H2,1-2H3,(H3,18,19,20). The van der Waals surface area contributed by atoms with Crippen molar-refractivity contribution in [2.75, 3.05) is 11.9 Å². The minimum Gasteiger partial charge on any atom is -0.375 e. The maximum atomic E-state index is 6.01. The molecular formula is C17H25N3O. The summed E-state index contributed by atoms with van der Waals surface area (Å²) in [5, 5.41) is 3.21. The lowest BCUT2D eigenvalue weighted by atomic mass is 10.0. The zero-order chi connectivity index (χ0) is 14.8. The third kappa shape index (κ3) is 3.38. The lowest BCUT2D eigenvalue weighted by Crippen LogP contribution is -2.25. The number of anilines is 1. The van der Waals surface area contributed by atoms with E-state index in [-0.39, 0.29) is 6.10 Å². The summed E-state index contributed by atoms with van der Waals surface area (Å²) in [7, 11) is 0. The first kappa shape index (κ1) is 14.4.